The molecule has 1 aromatic heterocycles. The monoisotopic (exact) mass is 622 g/mol. The predicted octanol–water partition coefficient (Wildman–Crippen LogP) is -0.287. The number of phenols is 2. The van der Waals surface area contributed by atoms with Crippen LogP contribution in [0.3, 0.4) is 0 Å². The Morgan fingerprint density at radius 3 is 2.20 bits per heavy atom. The number of hydrogen-bond acceptors (Lipinski definition) is 15. The minimum atomic E-state index is -5.35. The molecule has 5 atom stereocenters. The summed E-state index contributed by atoms with van der Waals surface area (Å²) in [5.74, 6) is -1.20. The minimum absolute atomic E-state index is 0.0279. The van der Waals surface area contributed by atoms with E-state index in [4.69, 9.17) is 23.2 Å². The predicted molar refractivity (Wildman–Crippen MR) is 133 cm³/mol. The van der Waals surface area contributed by atoms with Gasteiger partial charge in [-0.15, -0.1) is 0 Å². The largest absolute Gasteiger partial charge is 0.507 e. The first kappa shape index (κ1) is 30.4. The molecule has 41 heavy (non-hydrogen) atoms. The topological polar surface area (TPSA) is 266 Å². The van der Waals surface area contributed by atoms with Crippen molar-refractivity contribution >= 4 is 31.8 Å². The number of rotatable bonds is 9. The van der Waals surface area contributed by atoms with Gasteiger partial charge in [-0.2, -0.15) is 16.8 Å². The third kappa shape index (κ3) is 6.86. The quantitative estimate of drug-likeness (QED) is 0.167. The van der Waals surface area contributed by atoms with Crippen LogP contribution in [0.5, 0.6) is 23.0 Å². The second-order valence-electron chi connectivity index (χ2n) is 8.49. The van der Waals surface area contributed by atoms with E-state index in [9.17, 15) is 46.6 Å². The Morgan fingerprint density at radius 2 is 1.59 bits per heavy atom. The van der Waals surface area contributed by atoms with Crippen LogP contribution in [0.25, 0.3) is 22.3 Å². The van der Waals surface area contributed by atoms with E-state index in [1.54, 1.807) is 0 Å². The van der Waals surface area contributed by atoms with Crippen LogP contribution in [0.2, 0.25) is 0 Å². The molecule has 0 radical (unpaired) electrons. The molecule has 0 aliphatic carbocycles. The molecule has 1 fully saturated rings. The first-order chi connectivity index (χ1) is 19.1. The molecule has 0 bridgehead atoms. The molecular weight excluding hydrogens is 600 g/mol. The molecule has 3 aromatic rings. The lowest BCUT2D eigenvalue weighted by Crippen LogP contribution is -2.62. The van der Waals surface area contributed by atoms with E-state index >= 15 is 0 Å². The number of aliphatic hydroxyl groups excluding tert-OH is 2. The third-order valence-electron chi connectivity index (χ3n) is 5.76. The van der Waals surface area contributed by atoms with Gasteiger partial charge in [0, 0.05) is 23.8 Å². The van der Waals surface area contributed by atoms with Gasteiger partial charge in [-0.05, 0) is 18.2 Å². The van der Waals surface area contributed by atoms with Crippen LogP contribution in [-0.4, -0.2) is 90.8 Å². The van der Waals surface area contributed by atoms with Gasteiger partial charge >= 0.3 is 20.8 Å². The second kappa shape index (κ2) is 11.4. The summed E-state index contributed by atoms with van der Waals surface area (Å²) in [7, 11) is -9.32. The fraction of sp³-hybridized carbons (Fsp3) is 0.318. The van der Waals surface area contributed by atoms with Crippen LogP contribution in [-0.2, 0) is 33.9 Å². The molecule has 0 spiro atoms. The maximum Gasteiger partial charge on any atom is 0.397 e. The van der Waals surface area contributed by atoms with Crippen molar-refractivity contribution in [1.29, 1.82) is 0 Å². The van der Waals surface area contributed by atoms with Crippen LogP contribution < -0.4 is 14.9 Å². The molecule has 2 aromatic carbocycles. The normalized spacial score (nSPS) is 23.4. The first-order valence-electron chi connectivity index (χ1n) is 11.2. The summed E-state index contributed by atoms with van der Waals surface area (Å²) >= 11 is 0. The van der Waals surface area contributed by atoms with Crippen LogP contribution in [0, 0.1) is 0 Å². The van der Waals surface area contributed by atoms with Crippen molar-refractivity contribution in [2.24, 2.45) is 0 Å². The number of hydrogen-bond donors (Lipinski definition) is 6. The van der Waals surface area contributed by atoms with Gasteiger partial charge in [0.15, 0.2) is 23.0 Å². The highest BCUT2D eigenvalue weighted by molar-refractivity contribution is 7.81. The average molecular weight is 623 g/mol. The van der Waals surface area contributed by atoms with E-state index in [0.29, 0.717) is 5.56 Å². The fourth-order valence-electron chi connectivity index (χ4n) is 4.06. The fourth-order valence-corrected chi connectivity index (χ4v) is 5.06. The van der Waals surface area contributed by atoms with Gasteiger partial charge in [0.2, 0.25) is 6.29 Å². The van der Waals surface area contributed by atoms with E-state index in [1.807, 2.05) is 0 Å². The van der Waals surface area contributed by atoms with Gasteiger partial charge in [-0.1, -0.05) is 0 Å². The number of methoxy groups -OCH3 is 1. The molecule has 6 N–H and O–H groups in total. The molecule has 2 heterocycles. The number of fused-ring (bicyclic) bond motifs is 1. The van der Waals surface area contributed by atoms with Gasteiger partial charge in [0.25, 0.3) is 0 Å². The zero-order valence-corrected chi connectivity index (χ0v) is 22.2. The Morgan fingerprint density at radius 1 is 0.927 bits per heavy atom. The molecule has 1 aliphatic rings. The van der Waals surface area contributed by atoms with Gasteiger partial charge < -0.3 is 39.1 Å². The molecule has 224 valence electrons. The van der Waals surface area contributed by atoms with E-state index < -0.39 is 69.3 Å². The first-order valence-corrected chi connectivity index (χ1v) is 13.9. The second-order valence-corrected chi connectivity index (χ2v) is 10.6. The lowest BCUT2D eigenvalue weighted by molar-refractivity contribution is -0.266. The van der Waals surface area contributed by atoms with E-state index in [2.05, 4.69) is 8.37 Å². The van der Waals surface area contributed by atoms with Crippen molar-refractivity contribution in [3.63, 3.8) is 0 Å². The highest BCUT2D eigenvalue weighted by Crippen LogP contribution is 2.36. The zero-order chi connectivity index (χ0) is 30.3. The average Bonchev–Trinajstić information content (AvgIpc) is 2.86. The lowest BCUT2D eigenvalue weighted by Gasteiger charge is -2.41. The zero-order valence-electron chi connectivity index (χ0n) is 20.5. The third-order valence-corrected chi connectivity index (χ3v) is 6.69. The van der Waals surface area contributed by atoms with Gasteiger partial charge in [0.05, 0.1) is 13.7 Å². The van der Waals surface area contributed by atoms with Crippen molar-refractivity contribution in [3.05, 3.63) is 46.6 Å². The van der Waals surface area contributed by atoms with E-state index in [1.165, 1.54) is 25.3 Å². The number of ether oxygens (including phenoxy) is 3. The summed E-state index contributed by atoms with van der Waals surface area (Å²) in [4.78, 5) is 12.8. The number of benzene rings is 2. The summed E-state index contributed by atoms with van der Waals surface area (Å²) in [6.07, 6.45) is -10.5. The number of aliphatic hydroxyl groups is 2. The molecule has 0 saturated carbocycles. The van der Waals surface area contributed by atoms with Crippen molar-refractivity contribution in [3.8, 4) is 34.3 Å². The molecule has 4 rings (SSSR count). The van der Waals surface area contributed by atoms with Crippen LogP contribution >= 0.6 is 0 Å². The summed E-state index contributed by atoms with van der Waals surface area (Å²) < 4.78 is 93.7. The smallest absolute Gasteiger partial charge is 0.397 e. The number of phenolic OH excluding ortho intramolecular Hbond substituents is 2. The summed E-state index contributed by atoms with van der Waals surface area (Å²) in [6.45, 7) is -1.05. The van der Waals surface area contributed by atoms with Crippen molar-refractivity contribution < 1.29 is 73.4 Å². The maximum atomic E-state index is 12.8. The highest BCUT2D eigenvalue weighted by Gasteiger charge is 2.51. The SMILES string of the molecule is COc1cc(-c2cc(=O)c3c(O)cc(OC4OC(CO)C(OS(=O)(=O)O)C(O)C4OS(=O)(=O)O)cc3o2)ccc1O. The Kier molecular flexibility index (Phi) is 8.45. The highest BCUT2D eigenvalue weighted by atomic mass is 32.3. The standard InChI is InChI=1S/C22H22O17S2/c1-34-15-4-9(2-3-11(15)24)14-7-13(26)18-12(25)5-10(6-16(18)36-14)35-22-21(39-41(31,32)33)19(27)20(17(8-23)37-22)38-40(28,29)30/h2-7,17,19-25,27H,8H2,1H3,(H,28,29,30)(H,31,32,33). The van der Waals surface area contributed by atoms with Crippen LogP contribution in [0.15, 0.2) is 45.6 Å². The van der Waals surface area contributed by atoms with E-state index in [-0.39, 0.29) is 34.0 Å². The summed E-state index contributed by atoms with van der Waals surface area (Å²) in [5.41, 5.74) is -0.662. The van der Waals surface area contributed by atoms with Gasteiger partial charge in [-0.3, -0.25) is 13.9 Å². The van der Waals surface area contributed by atoms with Gasteiger partial charge in [-0.25, -0.2) is 8.37 Å². The van der Waals surface area contributed by atoms with E-state index in [0.717, 1.165) is 18.2 Å². The molecule has 19 heteroatoms. The summed E-state index contributed by atoms with van der Waals surface area (Å²) in [6, 6.07) is 7.08. The molecule has 5 unspecified atom stereocenters. The lowest BCUT2D eigenvalue weighted by atomic mass is 9.99. The summed E-state index contributed by atoms with van der Waals surface area (Å²) in [5, 5.41) is 40.2. The van der Waals surface area contributed by atoms with Crippen LogP contribution in [0.1, 0.15) is 0 Å². The molecule has 1 aliphatic heterocycles. The van der Waals surface area contributed by atoms with Crippen molar-refractivity contribution in [2.75, 3.05) is 13.7 Å². The van der Waals surface area contributed by atoms with Crippen molar-refractivity contribution in [1.82, 2.24) is 0 Å². The minimum Gasteiger partial charge on any atom is -0.507 e. The molecular formula is C22H22O17S2. The molecule has 17 nitrogen and oxygen atoms in total. The Hall–Kier alpha value is -3.53. The Bertz CT molecular complexity index is 1720. The number of aromatic hydroxyl groups is 2. The maximum absolute atomic E-state index is 12.8. The van der Waals surface area contributed by atoms with Crippen molar-refractivity contribution in [2.45, 2.75) is 30.7 Å². The van der Waals surface area contributed by atoms with Crippen LogP contribution in [0.4, 0.5) is 0 Å². The Labute approximate surface area is 230 Å². The molecule has 1 saturated heterocycles. The Balaban J connectivity index is 1.75. The molecule has 0 amide bonds. The van der Waals surface area contributed by atoms with Gasteiger partial charge in [0.1, 0.15) is 46.5 Å².